The van der Waals surface area contributed by atoms with Crippen LogP contribution in [-0.4, -0.2) is 31.8 Å². The number of ketones is 1. The van der Waals surface area contributed by atoms with Gasteiger partial charge in [0.15, 0.2) is 11.5 Å². The fourth-order valence-corrected chi connectivity index (χ4v) is 1.70. The number of carbonyl (C=O) groups excluding carboxylic acids is 1. The van der Waals surface area contributed by atoms with Crippen molar-refractivity contribution < 1.29 is 22.8 Å². The van der Waals surface area contributed by atoms with Crippen LogP contribution in [0.5, 0.6) is 0 Å². The van der Waals surface area contributed by atoms with E-state index >= 15 is 0 Å². The maximum atomic E-state index is 13.0. The average molecular weight is 212 g/mol. The molecule has 0 aliphatic heterocycles. The van der Waals surface area contributed by atoms with E-state index in [1.165, 1.54) is 0 Å². The van der Waals surface area contributed by atoms with Crippen LogP contribution in [0.25, 0.3) is 0 Å². The van der Waals surface area contributed by atoms with Gasteiger partial charge in [0.1, 0.15) is 6.16 Å². The Kier molecular flexibility index (Phi) is 4.23. The lowest BCUT2D eigenvalue weighted by atomic mass is 10.1. The SMILES string of the molecule is COP(=O)(CC(=O)C(C)(C)F)OC. The Morgan fingerprint density at radius 2 is 1.77 bits per heavy atom. The maximum absolute atomic E-state index is 13.0. The molecule has 0 aliphatic rings. The molecule has 0 heterocycles. The number of carbonyl (C=O) groups is 1. The molecule has 0 aromatic rings. The molecule has 78 valence electrons. The van der Waals surface area contributed by atoms with Crippen molar-refractivity contribution in [1.82, 2.24) is 0 Å². The van der Waals surface area contributed by atoms with Gasteiger partial charge in [-0.15, -0.1) is 0 Å². The molecule has 0 amide bonds. The third-order valence-electron chi connectivity index (χ3n) is 1.56. The summed E-state index contributed by atoms with van der Waals surface area (Å²) < 4.78 is 33.4. The van der Waals surface area contributed by atoms with Gasteiger partial charge in [0.25, 0.3) is 0 Å². The largest absolute Gasteiger partial charge is 0.337 e. The molecule has 0 bridgehead atoms. The van der Waals surface area contributed by atoms with Gasteiger partial charge in [-0.25, -0.2) is 4.39 Å². The predicted molar refractivity (Wildman–Crippen MR) is 46.7 cm³/mol. The second-order valence-corrected chi connectivity index (χ2v) is 5.30. The van der Waals surface area contributed by atoms with E-state index in [1.54, 1.807) is 0 Å². The predicted octanol–water partition coefficient (Wildman–Crippen LogP) is 1.79. The first kappa shape index (κ1) is 12.8. The third kappa shape index (κ3) is 3.98. The summed E-state index contributed by atoms with van der Waals surface area (Å²) in [6, 6.07) is 0. The van der Waals surface area contributed by atoms with Crippen LogP contribution in [0, 0.1) is 0 Å². The van der Waals surface area contributed by atoms with Crippen molar-refractivity contribution in [3.8, 4) is 0 Å². The summed E-state index contributed by atoms with van der Waals surface area (Å²) in [7, 11) is -1.11. The normalized spacial score (nSPS) is 13.0. The first-order valence-electron chi connectivity index (χ1n) is 3.68. The third-order valence-corrected chi connectivity index (χ3v) is 3.34. The second-order valence-electron chi connectivity index (χ2n) is 3.03. The highest BCUT2D eigenvalue weighted by atomic mass is 31.2. The number of hydrogen-bond acceptors (Lipinski definition) is 4. The highest BCUT2D eigenvalue weighted by Crippen LogP contribution is 2.46. The van der Waals surface area contributed by atoms with Crippen LogP contribution < -0.4 is 0 Å². The van der Waals surface area contributed by atoms with E-state index in [-0.39, 0.29) is 0 Å². The van der Waals surface area contributed by atoms with Gasteiger partial charge < -0.3 is 9.05 Å². The van der Waals surface area contributed by atoms with Crippen molar-refractivity contribution in [2.24, 2.45) is 0 Å². The van der Waals surface area contributed by atoms with Crippen LogP contribution >= 0.6 is 7.60 Å². The molecule has 0 spiro atoms. The van der Waals surface area contributed by atoms with Crippen LogP contribution in [0.15, 0.2) is 0 Å². The van der Waals surface area contributed by atoms with Crippen molar-refractivity contribution in [2.45, 2.75) is 19.5 Å². The number of Topliss-reactive ketones (excluding diaryl/α,β-unsaturated/α-hetero) is 1. The van der Waals surface area contributed by atoms with Crippen LogP contribution in [-0.2, 0) is 18.4 Å². The van der Waals surface area contributed by atoms with Crippen LogP contribution in [0.2, 0.25) is 0 Å². The molecule has 0 rings (SSSR count). The lowest BCUT2D eigenvalue weighted by Crippen LogP contribution is -2.29. The minimum atomic E-state index is -3.42. The molecule has 0 fully saturated rings. The summed E-state index contributed by atoms with van der Waals surface area (Å²) >= 11 is 0. The highest BCUT2D eigenvalue weighted by Gasteiger charge is 2.34. The molecule has 0 atom stereocenters. The van der Waals surface area contributed by atoms with Gasteiger partial charge in [-0.1, -0.05) is 0 Å². The summed E-state index contributed by atoms with van der Waals surface area (Å²) in [6.45, 7) is 2.20. The molecule has 0 unspecified atom stereocenters. The molecular formula is C7H14FO4P. The van der Waals surface area contributed by atoms with Crippen molar-refractivity contribution in [3.63, 3.8) is 0 Å². The summed E-state index contributed by atoms with van der Waals surface area (Å²) in [5.41, 5.74) is -2.01. The smallest absolute Gasteiger partial charge is 0.312 e. The lowest BCUT2D eigenvalue weighted by molar-refractivity contribution is -0.126. The minimum Gasteiger partial charge on any atom is -0.312 e. The number of rotatable bonds is 5. The molecule has 4 nitrogen and oxygen atoms in total. The zero-order chi connectivity index (χ0) is 10.7. The van der Waals surface area contributed by atoms with E-state index in [9.17, 15) is 13.8 Å². The maximum Gasteiger partial charge on any atom is 0.337 e. The quantitative estimate of drug-likeness (QED) is 0.652. The molecule has 0 radical (unpaired) electrons. The van der Waals surface area contributed by atoms with Crippen molar-refractivity contribution in [3.05, 3.63) is 0 Å². The Labute approximate surface area is 76.9 Å². The monoisotopic (exact) mass is 212 g/mol. The first-order valence-corrected chi connectivity index (χ1v) is 5.41. The molecule has 13 heavy (non-hydrogen) atoms. The molecular weight excluding hydrogens is 198 g/mol. The highest BCUT2D eigenvalue weighted by molar-refractivity contribution is 7.54. The van der Waals surface area contributed by atoms with E-state index in [4.69, 9.17) is 0 Å². The van der Waals surface area contributed by atoms with Gasteiger partial charge in [0, 0.05) is 14.2 Å². The first-order chi connectivity index (χ1) is 5.75. The van der Waals surface area contributed by atoms with Gasteiger partial charge in [0.05, 0.1) is 0 Å². The molecule has 0 saturated heterocycles. The number of hydrogen-bond donors (Lipinski definition) is 0. The number of halogens is 1. The molecule has 0 aromatic carbocycles. The van der Waals surface area contributed by atoms with Gasteiger partial charge >= 0.3 is 7.60 Å². The number of alkyl halides is 1. The zero-order valence-corrected chi connectivity index (χ0v) is 9.06. The average Bonchev–Trinajstić information content (AvgIpc) is 2.02. The van der Waals surface area contributed by atoms with Crippen LogP contribution in [0.3, 0.4) is 0 Å². The second kappa shape index (κ2) is 4.31. The van der Waals surface area contributed by atoms with Gasteiger partial charge in [-0.2, -0.15) is 0 Å². The topological polar surface area (TPSA) is 52.6 Å². The standard InChI is InChI=1S/C7H14FO4P/c1-7(2,8)6(9)5-13(10,11-3)12-4/h5H2,1-4H3. The van der Waals surface area contributed by atoms with E-state index < -0.39 is 25.2 Å². The Hall–Kier alpha value is -0.250. The molecule has 0 N–H and O–H groups in total. The Morgan fingerprint density at radius 1 is 1.38 bits per heavy atom. The van der Waals surface area contributed by atoms with Crippen molar-refractivity contribution in [2.75, 3.05) is 20.4 Å². The minimum absolute atomic E-state index is 0.538. The lowest BCUT2D eigenvalue weighted by Gasteiger charge is -2.17. The fraction of sp³-hybridized carbons (Fsp3) is 0.857. The van der Waals surface area contributed by atoms with Crippen molar-refractivity contribution >= 4 is 13.4 Å². The van der Waals surface area contributed by atoms with E-state index in [0.717, 1.165) is 28.1 Å². The van der Waals surface area contributed by atoms with Gasteiger partial charge in [-0.3, -0.25) is 9.36 Å². The van der Waals surface area contributed by atoms with Gasteiger partial charge in [0.2, 0.25) is 0 Å². The zero-order valence-electron chi connectivity index (χ0n) is 8.17. The van der Waals surface area contributed by atoms with E-state index in [2.05, 4.69) is 9.05 Å². The van der Waals surface area contributed by atoms with Crippen LogP contribution in [0.1, 0.15) is 13.8 Å². The molecule has 6 heteroatoms. The van der Waals surface area contributed by atoms with Crippen molar-refractivity contribution in [1.29, 1.82) is 0 Å². The Morgan fingerprint density at radius 3 is 2.00 bits per heavy atom. The Balaban J connectivity index is 4.45. The summed E-state index contributed by atoms with van der Waals surface area (Å²) in [5, 5.41) is 0. The Bertz CT molecular complexity index is 225. The fourth-order valence-electron chi connectivity index (χ4n) is 0.568. The molecule has 0 aliphatic carbocycles. The summed E-state index contributed by atoms with van der Waals surface area (Å²) in [6.07, 6.45) is -0.538. The van der Waals surface area contributed by atoms with Gasteiger partial charge in [-0.05, 0) is 13.8 Å². The summed E-state index contributed by atoms with van der Waals surface area (Å²) in [5.74, 6) is -0.792. The van der Waals surface area contributed by atoms with Crippen LogP contribution in [0.4, 0.5) is 4.39 Å². The van der Waals surface area contributed by atoms with E-state index in [0.29, 0.717) is 0 Å². The van der Waals surface area contributed by atoms with E-state index in [1.807, 2.05) is 0 Å². The summed E-state index contributed by atoms with van der Waals surface area (Å²) in [4.78, 5) is 11.1. The molecule has 0 aromatic heterocycles. The molecule has 0 saturated carbocycles.